The number of aliphatic imine (C=N–C) groups is 1. The highest BCUT2D eigenvalue weighted by Gasteiger charge is 2.24. The van der Waals surface area contributed by atoms with Crippen LogP contribution in [0.25, 0.3) is 0 Å². The number of hydrogen-bond donors (Lipinski definition) is 3. The van der Waals surface area contributed by atoms with Crippen molar-refractivity contribution in [2.24, 2.45) is 10.9 Å². The molecule has 0 aromatic carbocycles. The van der Waals surface area contributed by atoms with E-state index in [0.717, 1.165) is 17.8 Å². The van der Waals surface area contributed by atoms with Gasteiger partial charge in [0.05, 0.1) is 6.54 Å². The summed E-state index contributed by atoms with van der Waals surface area (Å²) in [7, 11) is 0. The zero-order valence-corrected chi connectivity index (χ0v) is 16.8. The zero-order chi connectivity index (χ0) is 17.9. The quantitative estimate of drug-likeness (QED) is 0.350. The van der Waals surface area contributed by atoms with E-state index in [1.54, 1.807) is 0 Å². The number of rotatable bonds is 8. The largest absolute Gasteiger partial charge is 0.357 e. The molecular formula is C19H36N4OS. The lowest BCUT2D eigenvalue weighted by Gasteiger charge is -2.20. The Morgan fingerprint density at radius 3 is 2.60 bits per heavy atom. The normalized spacial score (nSPS) is 25.0. The summed E-state index contributed by atoms with van der Waals surface area (Å²) in [5.74, 6) is 1.68. The van der Waals surface area contributed by atoms with E-state index in [9.17, 15) is 4.79 Å². The van der Waals surface area contributed by atoms with Gasteiger partial charge in [0, 0.05) is 30.8 Å². The Morgan fingerprint density at radius 1 is 1.12 bits per heavy atom. The third-order valence-corrected chi connectivity index (χ3v) is 6.40. The van der Waals surface area contributed by atoms with Crippen LogP contribution in [0.15, 0.2) is 4.99 Å². The lowest BCUT2D eigenvalue weighted by Crippen LogP contribution is -2.43. The Balaban J connectivity index is 1.65. The molecule has 0 radical (unpaired) electrons. The maximum atomic E-state index is 12.0. The minimum atomic E-state index is 0.193. The number of nitrogens with zero attached hydrogens (tertiary/aromatic N) is 1. The van der Waals surface area contributed by atoms with Crippen molar-refractivity contribution in [3.8, 4) is 0 Å². The summed E-state index contributed by atoms with van der Waals surface area (Å²) < 4.78 is 0. The van der Waals surface area contributed by atoms with Crippen LogP contribution in [0, 0.1) is 5.92 Å². The number of carbonyl (C=O) groups excluding carboxylic acids is 1. The van der Waals surface area contributed by atoms with Crippen molar-refractivity contribution < 1.29 is 4.79 Å². The van der Waals surface area contributed by atoms with Gasteiger partial charge in [-0.25, -0.2) is 0 Å². The van der Waals surface area contributed by atoms with Gasteiger partial charge in [-0.1, -0.05) is 19.3 Å². The van der Waals surface area contributed by atoms with Gasteiger partial charge in [0.15, 0.2) is 5.96 Å². The van der Waals surface area contributed by atoms with Crippen molar-refractivity contribution in [2.75, 3.05) is 25.9 Å². The molecule has 3 N–H and O–H groups in total. The van der Waals surface area contributed by atoms with Crippen LogP contribution in [0.4, 0.5) is 0 Å². The van der Waals surface area contributed by atoms with E-state index >= 15 is 0 Å². The molecule has 144 valence electrons. The highest BCUT2D eigenvalue weighted by molar-refractivity contribution is 7.99. The fraction of sp³-hybridized carbons (Fsp3) is 0.895. The monoisotopic (exact) mass is 368 g/mol. The lowest BCUT2D eigenvalue weighted by atomic mass is 9.87. The van der Waals surface area contributed by atoms with Gasteiger partial charge in [0.2, 0.25) is 5.91 Å². The van der Waals surface area contributed by atoms with Crippen molar-refractivity contribution in [3.05, 3.63) is 0 Å². The van der Waals surface area contributed by atoms with Gasteiger partial charge in [-0.3, -0.25) is 9.79 Å². The summed E-state index contributed by atoms with van der Waals surface area (Å²) in [6.45, 7) is 4.20. The molecule has 0 spiro atoms. The number of nitrogens with one attached hydrogen (secondary N) is 3. The molecular weight excluding hydrogens is 332 g/mol. The summed E-state index contributed by atoms with van der Waals surface area (Å²) >= 11 is 1.97. The van der Waals surface area contributed by atoms with Gasteiger partial charge >= 0.3 is 0 Å². The molecule has 0 saturated heterocycles. The molecule has 2 aliphatic rings. The fourth-order valence-corrected chi connectivity index (χ4v) is 4.68. The van der Waals surface area contributed by atoms with Crippen LogP contribution in [0.2, 0.25) is 0 Å². The van der Waals surface area contributed by atoms with Gasteiger partial charge in [-0.2, -0.15) is 11.8 Å². The molecule has 6 heteroatoms. The van der Waals surface area contributed by atoms with Crippen LogP contribution in [0.1, 0.15) is 64.7 Å². The third kappa shape index (κ3) is 7.89. The molecule has 25 heavy (non-hydrogen) atoms. The average Bonchev–Trinajstić information content (AvgIpc) is 3.07. The maximum Gasteiger partial charge on any atom is 0.220 e. The average molecular weight is 369 g/mol. The van der Waals surface area contributed by atoms with Crippen molar-refractivity contribution >= 4 is 23.6 Å². The van der Waals surface area contributed by atoms with E-state index < -0.39 is 0 Å². The van der Waals surface area contributed by atoms with Crippen LogP contribution in [0.3, 0.4) is 0 Å². The number of amides is 1. The molecule has 2 saturated carbocycles. The molecule has 0 aliphatic heterocycles. The second kappa shape index (κ2) is 11.7. The molecule has 2 aliphatic carbocycles. The number of guanidine groups is 1. The molecule has 2 unspecified atom stereocenters. The minimum Gasteiger partial charge on any atom is -0.357 e. The first kappa shape index (κ1) is 20.4. The topological polar surface area (TPSA) is 65.5 Å². The van der Waals surface area contributed by atoms with Crippen LogP contribution in [0.5, 0.6) is 0 Å². The van der Waals surface area contributed by atoms with Crippen molar-refractivity contribution in [1.82, 2.24) is 16.0 Å². The first-order valence-corrected chi connectivity index (χ1v) is 11.3. The van der Waals surface area contributed by atoms with Crippen LogP contribution in [-0.2, 0) is 4.79 Å². The molecule has 0 heterocycles. The predicted octanol–water partition coefficient (Wildman–Crippen LogP) is 2.91. The van der Waals surface area contributed by atoms with Gasteiger partial charge in [-0.15, -0.1) is 0 Å². The Morgan fingerprint density at radius 2 is 1.92 bits per heavy atom. The Bertz CT molecular complexity index is 424. The second-order valence-corrected chi connectivity index (χ2v) is 8.47. The van der Waals surface area contributed by atoms with Crippen LogP contribution < -0.4 is 16.0 Å². The molecule has 0 bridgehead atoms. The maximum absolute atomic E-state index is 12.0. The molecule has 5 nitrogen and oxygen atoms in total. The van der Waals surface area contributed by atoms with Gasteiger partial charge in [0.1, 0.15) is 0 Å². The molecule has 2 rings (SSSR count). The van der Waals surface area contributed by atoms with E-state index in [-0.39, 0.29) is 5.91 Å². The highest BCUT2D eigenvalue weighted by Crippen LogP contribution is 2.28. The minimum absolute atomic E-state index is 0.193. The first-order valence-electron chi connectivity index (χ1n) is 10.1. The predicted molar refractivity (Wildman–Crippen MR) is 108 cm³/mol. The van der Waals surface area contributed by atoms with E-state index in [0.29, 0.717) is 31.5 Å². The van der Waals surface area contributed by atoms with Gasteiger partial charge in [-0.05, 0) is 51.2 Å². The summed E-state index contributed by atoms with van der Waals surface area (Å²) in [6, 6.07) is 0.524. The summed E-state index contributed by atoms with van der Waals surface area (Å²) in [4.78, 5) is 16.7. The van der Waals surface area contributed by atoms with E-state index in [1.807, 2.05) is 11.8 Å². The Labute approximate surface area is 157 Å². The molecule has 0 aromatic rings. The molecule has 0 aromatic heterocycles. The summed E-state index contributed by atoms with van der Waals surface area (Å²) in [5.41, 5.74) is 0. The lowest BCUT2D eigenvalue weighted by molar-refractivity contribution is -0.122. The zero-order valence-electron chi connectivity index (χ0n) is 16.0. The SMILES string of the molecule is CCNC(=NCCNC(=O)CC1CCCCC1)NC1CCC(SC)C1. The van der Waals surface area contributed by atoms with Crippen molar-refractivity contribution in [3.63, 3.8) is 0 Å². The standard InChI is InChI=1S/C19H36N4OS/c1-3-20-19(23-16-9-10-17(14-16)25-2)22-12-11-21-18(24)13-15-7-5-4-6-8-15/h15-17H,3-14H2,1-2H3,(H,21,24)(H2,20,22,23). The molecule has 1 amide bonds. The molecule has 2 fully saturated rings. The number of hydrogen-bond acceptors (Lipinski definition) is 3. The fourth-order valence-electron chi connectivity index (χ4n) is 3.89. The van der Waals surface area contributed by atoms with Crippen molar-refractivity contribution in [2.45, 2.75) is 76.0 Å². The highest BCUT2D eigenvalue weighted by atomic mass is 32.2. The smallest absolute Gasteiger partial charge is 0.220 e. The third-order valence-electron chi connectivity index (χ3n) is 5.31. The number of thioether (sulfide) groups is 1. The Kier molecular flexibility index (Phi) is 9.51. The first-order chi connectivity index (χ1) is 12.2. The van der Waals surface area contributed by atoms with Crippen LogP contribution in [-0.4, -0.2) is 49.0 Å². The Hall–Kier alpha value is -0.910. The van der Waals surface area contributed by atoms with Crippen LogP contribution >= 0.6 is 11.8 Å². The summed E-state index contributed by atoms with van der Waals surface area (Å²) in [6.07, 6.45) is 13.0. The number of carbonyl (C=O) groups is 1. The van der Waals surface area contributed by atoms with E-state index in [4.69, 9.17) is 0 Å². The van der Waals surface area contributed by atoms with E-state index in [2.05, 4.69) is 34.1 Å². The van der Waals surface area contributed by atoms with Gasteiger partial charge < -0.3 is 16.0 Å². The van der Waals surface area contributed by atoms with Gasteiger partial charge in [0.25, 0.3) is 0 Å². The molecule has 2 atom stereocenters. The van der Waals surface area contributed by atoms with Crippen molar-refractivity contribution in [1.29, 1.82) is 0 Å². The second-order valence-electron chi connectivity index (χ2n) is 7.33. The summed E-state index contributed by atoms with van der Waals surface area (Å²) in [5, 5.41) is 10.7. The van der Waals surface area contributed by atoms with E-state index in [1.165, 1.54) is 51.4 Å².